The number of ether oxygens (including phenoxy) is 4. The van der Waals surface area contributed by atoms with Crippen molar-refractivity contribution < 1.29 is 24.1 Å². The summed E-state index contributed by atoms with van der Waals surface area (Å²) in [5.74, 6) is 2.07. The van der Waals surface area contributed by atoms with Gasteiger partial charge in [0.1, 0.15) is 17.4 Å². The third kappa shape index (κ3) is 4.91. The van der Waals surface area contributed by atoms with E-state index in [2.05, 4.69) is 11.8 Å². The zero-order valence-electron chi connectivity index (χ0n) is 19.4. The third-order valence-electron chi connectivity index (χ3n) is 5.85. The van der Waals surface area contributed by atoms with Gasteiger partial charge in [0.25, 0.3) is 0 Å². The molecule has 176 valence electrons. The molecule has 2 aromatic heterocycles. The van der Waals surface area contributed by atoms with E-state index in [-0.39, 0.29) is 12.6 Å². The van der Waals surface area contributed by atoms with Crippen molar-refractivity contribution in [2.24, 2.45) is 0 Å². The van der Waals surface area contributed by atoms with Crippen molar-refractivity contribution in [2.45, 2.75) is 32.3 Å². The fourth-order valence-electron chi connectivity index (χ4n) is 4.02. The van der Waals surface area contributed by atoms with Crippen molar-refractivity contribution in [3.63, 3.8) is 0 Å². The summed E-state index contributed by atoms with van der Waals surface area (Å²) in [7, 11) is 4.78. The molecule has 9 heteroatoms. The molecule has 3 heterocycles. The SMILES string of the molecule is COc1ccc(-c2ccc3c(N4CCOCC4C)nc(CC(OC)OC)nc3n2)cc1CO. The highest BCUT2D eigenvalue weighted by atomic mass is 16.7. The molecule has 1 atom stereocenters. The lowest BCUT2D eigenvalue weighted by Crippen LogP contribution is -2.44. The first kappa shape index (κ1) is 23.3. The Kier molecular flexibility index (Phi) is 7.34. The molecule has 3 aromatic rings. The first-order valence-electron chi connectivity index (χ1n) is 10.9. The molecule has 0 saturated carbocycles. The van der Waals surface area contributed by atoms with Gasteiger partial charge in [-0.2, -0.15) is 0 Å². The molecular formula is C24H30N4O5. The van der Waals surface area contributed by atoms with Crippen LogP contribution in [0.15, 0.2) is 30.3 Å². The lowest BCUT2D eigenvalue weighted by atomic mass is 10.1. The fraction of sp³-hybridized carbons (Fsp3) is 0.458. The van der Waals surface area contributed by atoms with Gasteiger partial charge in [-0.1, -0.05) is 0 Å². The van der Waals surface area contributed by atoms with Crippen LogP contribution in [0, 0.1) is 0 Å². The van der Waals surface area contributed by atoms with E-state index in [0.29, 0.717) is 42.4 Å². The van der Waals surface area contributed by atoms with Gasteiger partial charge in [-0.05, 0) is 37.3 Å². The van der Waals surface area contributed by atoms with Crippen LogP contribution in [0.25, 0.3) is 22.3 Å². The highest BCUT2D eigenvalue weighted by molar-refractivity contribution is 5.89. The van der Waals surface area contributed by atoms with Crippen LogP contribution >= 0.6 is 0 Å². The Hall–Kier alpha value is -2.85. The average molecular weight is 455 g/mol. The van der Waals surface area contributed by atoms with Gasteiger partial charge in [-0.25, -0.2) is 15.0 Å². The quantitative estimate of drug-likeness (QED) is 0.515. The van der Waals surface area contributed by atoms with Gasteiger partial charge < -0.3 is 29.0 Å². The second-order valence-electron chi connectivity index (χ2n) is 7.94. The highest BCUT2D eigenvalue weighted by Gasteiger charge is 2.24. The van der Waals surface area contributed by atoms with Gasteiger partial charge >= 0.3 is 0 Å². The molecule has 0 radical (unpaired) electrons. The zero-order valence-corrected chi connectivity index (χ0v) is 19.4. The maximum atomic E-state index is 9.70. The number of aromatic nitrogens is 3. The Morgan fingerprint density at radius 3 is 2.64 bits per heavy atom. The van der Waals surface area contributed by atoms with Gasteiger partial charge in [-0.15, -0.1) is 0 Å². The molecule has 1 aromatic carbocycles. The number of fused-ring (bicyclic) bond motifs is 1. The predicted octanol–water partition coefficient (Wildman–Crippen LogP) is 2.58. The van der Waals surface area contributed by atoms with Crippen molar-refractivity contribution in [1.29, 1.82) is 0 Å². The third-order valence-corrected chi connectivity index (χ3v) is 5.85. The summed E-state index contributed by atoms with van der Waals surface area (Å²) < 4.78 is 21.7. The molecule has 1 saturated heterocycles. The Bertz CT molecular complexity index is 1110. The van der Waals surface area contributed by atoms with Crippen LogP contribution in [0.2, 0.25) is 0 Å². The van der Waals surface area contributed by atoms with Crippen LogP contribution in [0.5, 0.6) is 5.75 Å². The Morgan fingerprint density at radius 1 is 1.12 bits per heavy atom. The van der Waals surface area contributed by atoms with Gasteiger partial charge in [0.2, 0.25) is 0 Å². The fourth-order valence-corrected chi connectivity index (χ4v) is 4.02. The van der Waals surface area contributed by atoms with Crippen molar-refractivity contribution in [3.8, 4) is 17.0 Å². The second kappa shape index (κ2) is 10.4. The number of methoxy groups -OCH3 is 3. The van der Waals surface area contributed by atoms with Crippen molar-refractivity contribution in [3.05, 3.63) is 41.7 Å². The first-order chi connectivity index (χ1) is 16.1. The van der Waals surface area contributed by atoms with E-state index >= 15 is 0 Å². The smallest absolute Gasteiger partial charge is 0.165 e. The van der Waals surface area contributed by atoms with Gasteiger partial charge in [0.15, 0.2) is 11.9 Å². The molecule has 1 unspecified atom stereocenters. The second-order valence-corrected chi connectivity index (χ2v) is 7.94. The van der Waals surface area contributed by atoms with Crippen LogP contribution < -0.4 is 9.64 Å². The van der Waals surface area contributed by atoms with E-state index in [1.54, 1.807) is 21.3 Å². The van der Waals surface area contributed by atoms with Crippen molar-refractivity contribution in [2.75, 3.05) is 46.0 Å². The Morgan fingerprint density at radius 2 is 1.94 bits per heavy atom. The molecule has 1 N–H and O–H groups in total. The van der Waals surface area contributed by atoms with Crippen LogP contribution in [-0.4, -0.2) is 73.5 Å². The molecule has 1 aliphatic rings. The van der Waals surface area contributed by atoms with E-state index in [0.717, 1.165) is 29.0 Å². The monoisotopic (exact) mass is 454 g/mol. The number of rotatable bonds is 8. The minimum Gasteiger partial charge on any atom is -0.496 e. The van der Waals surface area contributed by atoms with Crippen molar-refractivity contribution in [1.82, 2.24) is 15.0 Å². The maximum absolute atomic E-state index is 9.70. The van der Waals surface area contributed by atoms with E-state index in [4.69, 9.17) is 33.9 Å². The summed E-state index contributed by atoms with van der Waals surface area (Å²) in [6.07, 6.45) is -0.0492. The van der Waals surface area contributed by atoms with Crippen LogP contribution in [0.1, 0.15) is 18.3 Å². The molecule has 1 fully saturated rings. The van der Waals surface area contributed by atoms with E-state index in [1.165, 1.54) is 0 Å². The molecule has 1 aliphatic heterocycles. The summed E-state index contributed by atoms with van der Waals surface area (Å²) in [6.45, 7) is 4.03. The number of hydrogen-bond acceptors (Lipinski definition) is 9. The summed E-state index contributed by atoms with van der Waals surface area (Å²) in [6, 6.07) is 9.78. The maximum Gasteiger partial charge on any atom is 0.165 e. The van der Waals surface area contributed by atoms with E-state index in [1.807, 2.05) is 30.3 Å². The number of nitrogens with zero attached hydrogens (tertiary/aromatic N) is 4. The number of hydrogen-bond donors (Lipinski definition) is 1. The minimum atomic E-state index is -0.450. The molecule has 0 spiro atoms. The lowest BCUT2D eigenvalue weighted by molar-refractivity contribution is -0.101. The largest absolute Gasteiger partial charge is 0.496 e. The van der Waals surface area contributed by atoms with E-state index < -0.39 is 6.29 Å². The molecule has 33 heavy (non-hydrogen) atoms. The Labute approximate surface area is 193 Å². The molecule has 0 amide bonds. The van der Waals surface area contributed by atoms with E-state index in [9.17, 15) is 5.11 Å². The zero-order chi connectivity index (χ0) is 23.4. The minimum absolute atomic E-state index is 0.120. The summed E-state index contributed by atoms with van der Waals surface area (Å²) in [5, 5.41) is 10.6. The number of anilines is 1. The van der Waals surface area contributed by atoms with Crippen LogP contribution in [-0.2, 0) is 27.2 Å². The molecule has 9 nitrogen and oxygen atoms in total. The molecular weight excluding hydrogens is 424 g/mol. The molecule has 4 rings (SSSR count). The first-order valence-corrected chi connectivity index (χ1v) is 10.9. The Balaban J connectivity index is 1.82. The summed E-state index contributed by atoms with van der Waals surface area (Å²) >= 11 is 0. The number of pyridine rings is 1. The predicted molar refractivity (Wildman–Crippen MR) is 124 cm³/mol. The van der Waals surface area contributed by atoms with Gasteiger partial charge in [0, 0.05) is 31.9 Å². The number of aliphatic hydroxyl groups excluding tert-OH is 1. The summed E-state index contributed by atoms with van der Waals surface area (Å²) in [4.78, 5) is 16.7. The average Bonchev–Trinajstić information content (AvgIpc) is 2.86. The summed E-state index contributed by atoms with van der Waals surface area (Å²) in [5.41, 5.74) is 2.92. The van der Waals surface area contributed by atoms with Gasteiger partial charge in [0.05, 0.1) is 50.5 Å². The molecule has 0 aliphatic carbocycles. The number of benzene rings is 1. The lowest BCUT2D eigenvalue weighted by Gasteiger charge is -2.35. The van der Waals surface area contributed by atoms with Crippen LogP contribution in [0.3, 0.4) is 0 Å². The van der Waals surface area contributed by atoms with Crippen molar-refractivity contribution >= 4 is 16.9 Å². The topological polar surface area (TPSA) is 99.1 Å². The molecule has 0 bridgehead atoms. The number of morpholine rings is 1. The number of aliphatic hydroxyl groups is 1. The van der Waals surface area contributed by atoms with Crippen LogP contribution in [0.4, 0.5) is 5.82 Å². The van der Waals surface area contributed by atoms with Gasteiger partial charge in [-0.3, -0.25) is 0 Å². The standard InChI is InChI=1S/C24H30N4O5/c1-15-14-33-10-9-28(15)24-18-6-7-19(16-5-8-20(30-2)17(11-16)13-29)25-23(18)26-21(27-24)12-22(31-3)32-4/h5-8,11,15,22,29H,9-10,12-14H2,1-4H3. The normalized spacial score (nSPS) is 16.5. The highest BCUT2D eigenvalue weighted by Crippen LogP contribution is 2.30.